The van der Waals surface area contributed by atoms with Crippen LogP contribution >= 0.6 is 11.3 Å². The Bertz CT molecular complexity index is 361. The fourth-order valence-electron chi connectivity index (χ4n) is 1.10. The molecule has 0 nitrogen and oxygen atoms in total. The Balaban J connectivity index is 2.15. The van der Waals surface area contributed by atoms with Crippen LogP contribution in [0.1, 0.15) is 10.4 Å². The molecule has 0 bridgehead atoms. The molecule has 0 saturated carbocycles. The molecule has 0 atom stereocenters. The minimum atomic E-state index is -0.191. The zero-order chi connectivity index (χ0) is 9.10. The van der Waals surface area contributed by atoms with Crippen LogP contribution in [0, 0.1) is 12.2 Å². The van der Waals surface area contributed by atoms with Gasteiger partial charge in [0.15, 0.2) is 0 Å². The molecule has 1 aromatic heterocycles. The maximum absolute atomic E-state index is 12.6. The molecule has 0 N–H and O–H groups in total. The van der Waals surface area contributed by atoms with Crippen LogP contribution in [-0.4, -0.2) is 0 Å². The predicted octanol–water partition coefficient (Wildman–Crippen LogP) is 3.49. The molecule has 2 aromatic rings. The molecule has 0 spiro atoms. The minimum Gasteiger partial charge on any atom is -0.207 e. The van der Waals surface area contributed by atoms with Crippen molar-refractivity contribution in [2.45, 2.75) is 0 Å². The molecule has 0 aliphatic heterocycles. The average molecular weight is 191 g/mol. The Labute approximate surface area is 80.7 Å². The molecule has 65 valence electrons. The summed E-state index contributed by atoms with van der Waals surface area (Å²) in [6, 6.07) is 10.5. The van der Waals surface area contributed by atoms with Crippen LogP contribution in [0.25, 0.3) is 0 Å². The van der Waals surface area contributed by atoms with E-state index in [0.717, 1.165) is 5.56 Å². The standard InChI is InChI=1S/C11H8FS/c12-10-5-3-9(4-6-10)8-11-2-1-7-13-11/h1-8H. The van der Waals surface area contributed by atoms with Crippen molar-refractivity contribution >= 4 is 11.3 Å². The van der Waals surface area contributed by atoms with Crippen LogP contribution in [0.4, 0.5) is 4.39 Å². The Morgan fingerprint density at radius 1 is 1.08 bits per heavy atom. The summed E-state index contributed by atoms with van der Waals surface area (Å²) in [4.78, 5) is 1.19. The fraction of sp³-hybridized carbons (Fsp3) is 0. The molecule has 1 heterocycles. The van der Waals surface area contributed by atoms with Crippen LogP contribution in [0.5, 0.6) is 0 Å². The van der Waals surface area contributed by atoms with Crippen molar-refractivity contribution in [2.24, 2.45) is 0 Å². The number of hydrogen-bond acceptors (Lipinski definition) is 1. The summed E-state index contributed by atoms with van der Waals surface area (Å²) in [5.74, 6) is -0.191. The highest BCUT2D eigenvalue weighted by Crippen LogP contribution is 2.16. The fourth-order valence-corrected chi connectivity index (χ4v) is 1.77. The van der Waals surface area contributed by atoms with E-state index in [9.17, 15) is 4.39 Å². The molecule has 0 amide bonds. The van der Waals surface area contributed by atoms with E-state index in [4.69, 9.17) is 0 Å². The number of thiophene rings is 1. The zero-order valence-corrected chi connectivity index (χ0v) is 7.72. The first kappa shape index (κ1) is 8.45. The second-order valence-corrected chi connectivity index (χ2v) is 3.69. The van der Waals surface area contributed by atoms with E-state index in [1.54, 1.807) is 23.5 Å². The van der Waals surface area contributed by atoms with Crippen LogP contribution in [0.2, 0.25) is 0 Å². The number of rotatable bonds is 2. The lowest BCUT2D eigenvalue weighted by Crippen LogP contribution is -1.81. The summed E-state index contributed by atoms with van der Waals surface area (Å²) in [6.07, 6.45) is 2.03. The Morgan fingerprint density at radius 2 is 1.85 bits per heavy atom. The molecule has 1 aromatic carbocycles. The second kappa shape index (κ2) is 3.71. The van der Waals surface area contributed by atoms with Gasteiger partial charge in [-0.15, -0.1) is 11.3 Å². The highest BCUT2D eigenvalue weighted by Gasteiger charge is 1.97. The van der Waals surface area contributed by atoms with Gasteiger partial charge in [0.05, 0.1) is 0 Å². The Hall–Kier alpha value is -1.15. The number of halogens is 1. The van der Waals surface area contributed by atoms with E-state index in [2.05, 4.69) is 0 Å². The van der Waals surface area contributed by atoms with E-state index in [1.807, 2.05) is 23.9 Å². The molecule has 13 heavy (non-hydrogen) atoms. The lowest BCUT2D eigenvalue weighted by molar-refractivity contribution is 0.627. The first-order valence-corrected chi connectivity index (χ1v) is 4.86. The van der Waals surface area contributed by atoms with Crippen molar-refractivity contribution in [3.63, 3.8) is 0 Å². The van der Waals surface area contributed by atoms with Gasteiger partial charge < -0.3 is 0 Å². The summed E-state index contributed by atoms with van der Waals surface area (Å²) < 4.78 is 12.6. The van der Waals surface area contributed by atoms with Gasteiger partial charge in [-0.05, 0) is 29.1 Å². The highest BCUT2D eigenvalue weighted by atomic mass is 32.1. The first-order valence-electron chi connectivity index (χ1n) is 3.98. The van der Waals surface area contributed by atoms with E-state index >= 15 is 0 Å². The van der Waals surface area contributed by atoms with E-state index in [0.29, 0.717) is 0 Å². The van der Waals surface area contributed by atoms with Crippen molar-refractivity contribution < 1.29 is 4.39 Å². The molecule has 0 aliphatic carbocycles. The minimum absolute atomic E-state index is 0.191. The molecule has 0 aliphatic rings. The topological polar surface area (TPSA) is 0 Å². The van der Waals surface area contributed by atoms with E-state index < -0.39 is 0 Å². The second-order valence-electron chi connectivity index (χ2n) is 2.71. The van der Waals surface area contributed by atoms with Gasteiger partial charge in [0, 0.05) is 11.3 Å². The molecular weight excluding hydrogens is 183 g/mol. The Morgan fingerprint density at radius 3 is 2.46 bits per heavy atom. The summed E-state index contributed by atoms with van der Waals surface area (Å²) in [5.41, 5.74) is 1.03. The quantitative estimate of drug-likeness (QED) is 0.681. The maximum Gasteiger partial charge on any atom is 0.123 e. The molecule has 2 rings (SSSR count). The molecule has 1 radical (unpaired) electrons. The van der Waals surface area contributed by atoms with Crippen molar-refractivity contribution in [3.05, 3.63) is 64.5 Å². The lowest BCUT2D eigenvalue weighted by atomic mass is 10.1. The largest absolute Gasteiger partial charge is 0.207 e. The van der Waals surface area contributed by atoms with E-state index in [-0.39, 0.29) is 5.82 Å². The van der Waals surface area contributed by atoms with E-state index in [1.165, 1.54) is 17.0 Å². The van der Waals surface area contributed by atoms with Gasteiger partial charge in [-0.25, -0.2) is 4.39 Å². The molecule has 0 fully saturated rings. The first-order chi connectivity index (χ1) is 6.34. The summed E-state index contributed by atoms with van der Waals surface area (Å²) in [6.45, 7) is 0. The third-order valence-electron chi connectivity index (χ3n) is 1.72. The van der Waals surface area contributed by atoms with Crippen LogP contribution in [0.15, 0.2) is 41.8 Å². The van der Waals surface area contributed by atoms with Crippen LogP contribution in [0.3, 0.4) is 0 Å². The highest BCUT2D eigenvalue weighted by molar-refractivity contribution is 7.10. The molecule has 0 saturated heterocycles. The number of hydrogen-bond donors (Lipinski definition) is 0. The lowest BCUT2D eigenvalue weighted by Gasteiger charge is -1.96. The van der Waals surface area contributed by atoms with Gasteiger partial charge in [0.1, 0.15) is 5.82 Å². The third kappa shape index (κ3) is 2.16. The van der Waals surface area contributed by atoms with Crippen molar-refractivity contribution in [1.82, 2.24) is 0 Å². The zero-order valence-electron chi connectivity index (χ0n) is 6.91. The Kier molecular flexibility index (Phi) is 2.41. The van der Waals surface area contributed by atoms with Gasteiger partial charge in [-0.1, -0.05) is 18.2 Å². The molecular formula is C11H8FS. The SMILES string of the molecule is Fc1ccc([CH]c2cccs2)cc1. The van der Waals surface area contributed by atoms with Crippen molar-refractivity contribution in [1.29, 1.82) is 0 Å². The third-order valence-corrected chi connectivity index (χ3v) is 2.54. The predicted molar refractivity (Wildman–Crippen MR) is 53.2 cm³/mol. The molecule has 2 heteroatoms. The normalized spacial score (nSPS) is 10.2. The van der Waals surface area contributed by atoms with Crippen LogP contribution in [-0.2, 0) is 0 Å². The van der Waals surface area contributed by atoms with Crippen LogP contribution < -0.4 is 0 Å². The summed E-state index contributed by atoms with van der Waals surface area (Å²) >= 11 is 1.67. The number of benzene rings is 1. The van der Waals surface area contributed by atoms with Gasteiger partial charge in [-0.2, -0.15) is 0 Å². The average Bonchev–Trinajstić information content (AvgIpc) is 2.62. The molecule has 0 unspecified atom stereocenters. The smallest absolute Gasteiger partial charge is 0.123 e. The van der Waals surface area contributed by atoms with Gasteiger partial charge >= 0.3 is 0 Å². The van der Waals surface area contributed by atoms with Gasteiger partial charge in [0.2, 0.25) is 0 Å². The van der Waals surface area contributed by atoms with Crippen molar-refractivity contribution in [2.75, 3.05) is 0 Å². The van der Waals surface area contributed by atoms with Gasteiger partial charge in [0.25, 0.3) is 0 Å². The van der Waals surface area contributed by atoms with Gasteiger partial charge in [-0.3, -0.25) is 0 Å². The monoisotopic (exact) mass is 191 g/mol. The maximum atomic E-state index is 12.6. The van der Waals surface area contributed by atoms with Crippen molar-refractivity contribution in [3.8, 4) is 0 Å². The summed E-state index contributed by atoms with van der Waals surface area (Å²) in [7, 11) is 0. The summed E-state index contributed by atoms with van der Waals surface area (Å²) in [5, 5.41) is 2.02.